The lowest BCUT2D eigenvalue weighted by atomic mass is 9.99. The fourth-order valence-corrected chi connectivity index (χ4v) is 7.65. The maximum absolute atomic E-state index is 5.30. The first-order valence-corrected chi connectivity index (χ1v) is 17.8. The minimum Gasteiger partial charge on any atom is -0.381 e. The summed E-state index contributed by atoms with van der Waals surface area (Å²) in [5.41, 5.74) is 11.1. The molecule has 3 aliphatic heterocycles. The summed E-state index contributed by atoms with van der Waals surface area (Å²) in [6, 6.07) is 46.8. The van der Waals surface area contributed by atoms with Crippen LogP contribution in [0, 0.1) is 0 Å². The average Bonchev–Trinajstić information content (AvgIpc) is 3.91. The van der Waals surface area contributed by atoms with Crippen LogP contribution in [0.1, 0.15) is 46.5 Å². The molecule has 3 N–H and O–H groups in total. The van der Waals surface area contributed by atoms with Gasteiger partial charge in [-0.25, -0.2) is 9.98 Å². The highest BCUT2D eigenvalue weighted by Crippen LogP contribution is 2.41. The topological polar surface area (TPSA) is 78.6 Å². The van der Waals surface area contributed by atoms with Crippen LogP contribution in [-0.2, 0) is 0 Å². The lowest BCUT2D eigenvalue weighted by Gasteiger charge is -2.32. The van der Waals surface area contributed by atoms with E-state index in [-0.39, 0.29) is 18.4 Å². The zero-order valence-electron chi connectivity index (χ0n) is 28.3. The number of aromatic nitrogens is 2. The third-order valence-corrected chi connectivity index (χ3v) is 10.2. The number of hydrogen-bond acceptors (Lipinski definition) is 6. The van der Waals surface area contributed by atoms with Gasteiger partial charge in [0.15, 0.2) is 0 Å². The molecule has 7 nitrogen and oxygen atoms in total. The Balaban J connectivity index is 1.00. The quantitative estimate of drug-likeness (QED) is 0.164. The number of allylic oxidation sites excluding steroid dienone is 1. The molecule has 0 radical (unpaired) electrons. The second kappa shape index (κ2) is 12.6. The van der Waals surface area contributed by atoms with Gasteiger partial charge in [-0.15, -0.1) is 0 Å². The Kier molecular flexibility index (Phi) is 7.36. The van der Waals surface area contributed by atoms with Crippen LogP contribution in [0.5, 0.6) is 0 Å². The van der Waals surface area contributed by atoms with Crippen LogP contribution in [0.15, 0.2) is 162 Å². The molecule has 10 rings (SSSR count). The van der Waals surface area contributed by atoms with Gasteiger partial charge in [-0.2, -0.15) is 0 Å². The minimum atomic E-state index is -0.167. The Labute approximate surface area is 301 Å². The number of nitrogens with zero attached hydrogens (tertiary/aromatic N) is 4. The Hall–Kier alpha value is -6.57. The number of nitrogens with one attached hydrogen (secondary N) is 3. The summed E-state index contributed by atoms with van der Waals surface area (Å²) in [6.45, 7) is 0.805. The summed E-state index contributed by atoms with van der Waals surface area (Å²) in [5, 5.41) is 13.3. The first-order chi connectivity index (χ1) is 25.8. The molecule has 52 heavy (non-hydrogen) atoms. The molecule has 1 aromatic heterocycles. The summed E-state index contributed by atoms with van der Waals surface area (Å²) < 4.78 is 2.31. The third kappa shape index (κ3) is 5.22. The van der Waals surface area contributed by atoms with Gasteiger partial charge in [-0.3, -0.25) is 14.9 Å². The molecule has 250 valence electrons. The van der Waals surface area contributed by atoms with E-state index in [0.29, 0.717) is 0 Å². The van der Waals surface area contributed by atoms with E-state index in [1.165, 1.54) is 10.8 Å². The van der Waals surface area contributed by atoms with E-state index in [2.05, 4.69) is 148 Å². The van der Waals surface area contributed by atoms with Gasteiger partial charge in [0.2, 0.25) is 0 Å². The number of fused-ring (bicyclic) bond motifs is 6. The standard InChI is InChI=1S/C45H35N7/c1-3-11-31(12-4-1)42-49-43(32-13-5-2-6-14-32)51-44(50-42)33-21-19-29(20-22-33)30-23-25-34(26-24-30)52-41-36-16-8-7-15-35(36)39-37(17-9-28-47-39)40(41)48-45(52)38-18-10-27-46-38/h1-27,38,42,44,47,50H,28H2,(H,49,51). The summed E-state index contributed by atoms with van der Waals surface area (Å²) in [4.78, 5) is 15.1. The smallest absolute Gasteiger partial charge is 0.143 e. The van der Waals surface area contributed by atoms with Gasteiger partial charge < -0.3 is 10.6 Å². The number of imidazole rings is 1. The molecular formula is C45H35N7. The van der Waals surface area contributed by atoms with Gasteiger partial charge in [-0.1, -0.05) is 140 Å². The molecule has 6 aromatic carbocycles. The van der Waals surface area contributed by atoms with Crippen LogP contribution in [0.2, 0.25) is 0 Å². The first-order valence-electron chi connectivity index (χ1n) is 17.8. The van der Waals surface area contributed by atoms with E-state index < -0.39 is 0 Å². The minimum absolute atomic E-state index is 0.111. The maximum atomic E-state index is 5.30. The van der Waals surface area contributed by atoms with Crippen LogP contribution in [0.3, 0.4) is 0 Å². The Morgan fingerprint density at radius 3 is 2.13 bits per heavy atom. The molecule has 3 unspecified atom stereocenters. The van der Waals surface area contributed by atoms with Crippen molar-refractivity contribution in [3.05, 3.63) is 180 Å². The number of hydrogen-bond donors (Lipinski definition) is 3. The monoisotopic (exact) mass is 673 g/mol. The highest BCUT2D eigenvalue weighted by atomic mass is 15.3. The van der Waals surface area contributed by atoms with Gasteiger partial charge >= 0.3 is 0 Å². The Morgan fingerprint density at radius 1 is 0.673 bits per heavy atom. The third-order valence-electron chi connectivity index (χ3n) is 10.2. The molecule has 0 aliphatic carbocycles. The van der Waals surface area contributed by atoms with Gasteiger partial charge in [0.05, 0.1) is 16.7 Å². The summed E-state index contributed by atoms with van der Waals surface area (Å²) in [7, 11) is 0. The molecule has 0 saturated carbocycles. The van der Waals surface area contributed by atoms with Crippen molar-refractivity contribution in [1.82, 2.24) is 20.2 Å². The van der Waals surface area contributed by atoms with Crippen molar-refractivity contribution in [3.8, 4) is 16.8 Å². The summed E-state index contributed by atoms with van der Waals surface area (Å²) in [6.07, 6.45) is 10.1. The van der Waals surface area contributed by atoms with Gasteiger partial charge in [0.25, 0.3) is 0 Å². The van der Waals surface area contributed by atoms with Crippen LogP contribution in [0.25, 0.3) is 44.7 Å². The van der Waals surface area contributed by atoms with E-state index in [1.54, 1.807) is 0 Å². The molecule has 0 saturated heterocycles. The number of benzene rings is 6. The van der Waals surface area contributed by atoms with Crippen molar-refractivity contribution in [1.29, 1.82) is 0 Å². The second-order valence-corrected chi connectivity index (χ2v) is 13.3. The highest BCUT2D eigenvalue weighted by Gasteiger charge is 2.27. The van der Waals surface area contributed by atoms with Crippen molar-refractivity contribution < 1.29 is 0 Å². The number of rotatable bonds is 6. The lowest BCUT2D eigenvalue weighted by molar-refractivity contribution is 0.409. The zero-order valence-corrected chi connectivity index (χ0v) is 28.3. The summed E-state index contributed by atoms with van der Waals surface area (Å²) >= 11 is 0. The highest BCUT2D eigenvalue weighted by molar-refractivity contribution is 6.16. The largest absolute Gasteiger partial charge is 0.381 e. The molecule has 3 atom stereocenters. The van der Waals surface area contributed by atoms with Crippen molar-refractivity contribution in [2.24, 2.45) is 9.98 Å². The molecule has 0 fully saturated rings. The number of amidine groups is 1. The normalized spacial score (nSPS) is 19.0. The second-order valence-electron chi connectivity index (χ2n) is 13.3. The van der Waals surface area contributed by atoms with Gasteiger partial charge in [0.1, 0.15) is 30.0 Å². The maximum Gasteiger partial charge on any atom is 0.143 e. The molecule has 3 aliphatic rings. The van der Waals surface area contributed by atoms with E-state index in [4.69, 9.17) is 15.0 Å². The van der Waals surface area contributed by atoms with Crippen LogP contribution in [0.4, 0.5) is 5.69 Å². The fraction of sp³-hybridized carbons (Fsp3) is 0.0889. The van der Waals surface area contributed by atoms with Crippen molar-refractivity contribution >= 4 is 45.6 Å². The molecule has 0 amide bonds. The molecule has 0 bridgehead atoms. The van der Waals surface area contributed by atoms with Crippen molar-refractivity contribution in [3.63, 3.8) is 0 Å². The Morgan fingerprint density at radius 2 is 1.38 bits per heavy atom. The fourth-order valence-electron chi connectivity index (χ4n) is 7.65. The van der Waals surface area contributed by atoms with Crippen LogP contribution < -0.4 is 16.0 Å². The first kappa shape index (κ1) is 30.3. The zero-order chi connectivity index (χ0) is 34.4. The van der Waals surface area contributed by atoms with Crippen LogP contribution in [-0.4, -0.2) is 28.1 Å². The molecule has 4 heterocycles. The molecule has 0 spiro atoms. The predicted molar refractivity (Wildman–Crippen MR) is 213 cm³/mol. The predicted octanol–water partition coefficient (Wildman–Crippen LogP) is 9.30. The molecule has 7 heteroatoms. The molecule has 7 aromatic rings. The SMILES string of the molecule is C1=CC(c2nc3c4c(c5ccccc5c3n2-c2ccc(-c3ccc(C5NC(c6ccccc6)=NC(c6ccccc6)N5)cc3)cc2)NCC=C4)N=C1. The number of aliphatic imine (C=N–C) groups is 2. The summed E-state index contributed by atoms with van der Waals surface area (Å²) in [5.74, 6) is 1.79. The van der Waals surface area contributed by atoms with Crippen molar-refractivity contribution in [2.75, 3.05) is 11.9 Å². The van der Waals surface area contributed by atoms with E-state index in [9.17, 15) is 0 Å². The van der Waals surface area contributed by atoms with E-state index >= 15 is 0 Å². The van der Waals surface area contributed by atoms with Crippen LogP contribution >= 0.6 is 0 Å². The van der Waals surface area contributed by atoms with Gasteiger partial charge in [-0.05, 0) is 40.5 Å². The average molecular weight is 674 g/mol. The van der Waals surface area contributed by atoms with Gasteiger partial charge in [0, 0.05) is 40.3 Å². The lowest BCUT2D eigenvalue weighted by Crippen LogP contribution is -2.44. The Bertz CT molecular complexity index is 2550. The number of anilines is 1. The van der Waals surface area contributed by atoms with E-state index in [1.807, 2.05) is 36.6 Å². The molecular weight excluding hydrogens is 639 g/mol. The van der Waals surface area contributed by atoms with E-state index in [0.717, 1.165) is 74.0 Å². The van der Waals surface area contributed by atoms with Crippen molar-refractivity contribution in [2.45, 2.75) is 18.4 Å².